The highest BCUT2D eigenvalue weighted by Gasteiger charge is 2.23. The summed E-state index contributed by atoms with van der Waals surface area (Å²) < 4.78 is 13.1. The number of halogens is 2. The maximum absolute atomic E-state index is 13.1. The summed E-state index contributed by atoms with van der Waals surface area (Å²) in [4.78, 5) is 2.28. The zero-order valence-corrected chi connectivity index (χ0v) is 11.0. The van der Waals surface area contributed by atoms with Crippen LogP contribution in [0.15, 0.2) is 18.2 Å². The SMILES string of the molecule is OCC[C@H](c1ccc(F)cc1Cl)N1CCNCC1. The van der Waals surface area contributed by atoms with Crippen molar-refractivity contribution in [3.8, 4) is 0 Å². The molecule has 18 heavy (non-hydrogen) atoms. The molecule has 0 spiro atoms. The van der Waals surface area contributed by atoms with Crippen LogP contribution in [0.1, 0.15) is 18.0 Å². The fraction of sp³-hybridized carbons (Fsp3) is 0.538. The Bertz CT molecular complexity index is 397. The molecule has 1 aliphatic rings. The van der Waals surface area contributed by atoms with E-state index in [1.807, 2.05) is 0 Å². The minimum absolute atomic E-state index is 0.0604. The van der Waals surface area contributed by atoms with Crippen molar-refractivity contribution in [3.05, 3.63) is 34.6 Å². The molecule has 0 unspecified atom stereocenters. The first-order valence-corrected chi connectivity index (χ1v) is 6.60. The van der Waals surface area contributed by atoms with Crippen LogP contribution in [0.3, 0.4) is 0 Å². The van der Waals surface area contributed by atoms with Gasteiger partial charge in [-0.25, -0.2) is 4.39 Å². The number of piperazine rings is 1. The average molecular weight is 273 g/mol. The molecule has 0 aliphatic carbocycles. The van der Waals surface area contributed by atoms with E-state index >= 15 is 0 Å². The second-order valence-electron chi connectivity index (χ2n) is 4.48. The van der Waals surface area contributed by atoms with Crippen LogP contribution >= 0.6 is 11.6 Å². The van der Waals surface area contributed by atoms with Gasteiger partial charge in [0.1, 0.15) is 5.82 Å². The smallest absolute Gasteiger partial charge is 0.124 e. The number of aliphatic hydroxyl groups excluding tert-OH is 1. The topological polar surface area (TPSA) is 35.5 Å². The highest BCUT2D eigenvalue weighted by atomic mass is 35.5. The highest BCUT2D eigenvalue weighted by Crippen LogP contribution is 2.30. The van der Waals surface area contributed by atoms with Crippen molar-refractivity contribution in [2.75, 3.05) is 32.8 Å². The van der Waals surface area contributed by atoms with Gasteiger partial charge in [-0.05, 0) is 24.1 Å². The molecule has 1 aliphatic heterocycles. The van der Waals surface area contributed by atoms with Gasteiger partial charge in [0.25, 0.3) is 0 Å². The van der Waals surface area contributed by atoms with Gasteiger partial charge in [0.15, 0.2) is 0 Å². The molecular weight excluding hydrogens is 255 g/mol. The molecule has 5 heteroatoms. The average Bonchev–Trinajstić information content (AvgIpc) is 2.38. The lowest BCUT2D eigenvalue weighted by atomic mass is 10.0. The summed E-state index contributed by atoms with van der Waals surface area (Å²) in [5.74, 6) is -0.327. The Morgan fingerprint density at radius 1 is 1.39 bits per heavy atom. The molecule has 0 amide bonds. The molecule has 1 heterocycles. The van der Waals surface area contributed by atoms with Crippen LogP contribution in [0.5, 0.6) is 0 Å². The summed E-state index contributed by atoms with van der Waals surface area (Å²) in [6, 6.07) is 4.54. The maximum Gasteiger partial charge on any atom is 0.124 e. The molecular formula is C13H18ClFN2O. The number of aliphatic hydroxyl groups is 1. The molecule has 0 aromatic heterocycles. The monoisotopic (exact) mass is 272 g/mol. The molecule has 1 saturated heterocycles. The van der Waals surface area contributed by atoms with E-state index in [0.29, 0.717) is 11.4 Å². The second kappa shape index (κ2) is 6.48. The molecule has 0 bridgehead atoms. The number of hydrogen-bond donors (Lipinski definition) is 2. The van der Waals surface area contributed by atoms with Gasteiger partial charge in [-0.3, -0.25) is 4.90 Å². The lowest BCUT2D eigenvalue weighted by molar-refractivity contribution is 0.141. The third-order valence-corrected chi connectivity index (χ3v) is 3.64. The summed E-state index contributed by atoms with van der Waals surface area (Å²) in [7, 11) is 0. The predicted molar refractivity (Wildman–Crippen MR) is 70.3 cm³/mol. The largest absolute Gasteiger partial charge is 0.396 e. The van der Waals surface area contributed by atoms with Crippen molar-refractivity contribution in [1.82, 2.24) is 10.2 Å². The summed E-state index contributed by atoms with van der Waals surface area (Å²) in [6.45, 7) is 3.79. The van der Waals surface area contributed by atoms with Gasteiger partial charge in [-0.2, -0.15) is 0 Å². The first-order valence-electron chi connectivity index (χ1n) is 6.23. The minimum atomic E-state index is -0.327. The first-order chi connectivity index (χ1) is 8.72. The molecule has 2 rings (SSSR count). The van der Waals surface area contributed by atoms with E-state index in [0.717, 1.165) is 31.7 Å². The highest BCUT2D eigenvalue weighted by molar-refractivity contribution is 6.31. The molecule has 1 aromatic carbocycles. The molecule has 0 radical (unpaired) electrons. The Morgan fingerprint density at radius 3 is 2.72 bits per heavy atom. The van der Waals surface area contributed by atoms with Gasteiger partial charge in [0.05, 0.1) is 0 Å². The van der Waals surface area contributed by atoms with Crippen LogP contribution in [0.25, 0.3) is 0 Å². The van der Waals surface area contributed by atoms with E-state index in [2.05, 4.69) is 10.2 Å². The molecule has 0 saturated carbocycles. The van der Waals surface area contributed by atoms with E-state index in [4.69, 9.17) is 11.6 Å². The van der Waals surface area contributed by atoms with Gasteiger partial charge >= 0.3 is 0 Å². The van der Waals surface area contributed by atoms with Crippen molar-refractivity contribution >= 4 is 11.6 Å². The third kappa shape index (κ3) is 3.20. The Labute approximate surface area is 112 Å². The van der Waals surface area contributed by atoms with Gasteiger partial charge < -0.3 is 10.4 Å². The van der Waals surface area contributed by atoms with Crippen LogP contribution in [0, 0.1) is 5.82 Å². The van der Waals surface area contributed by atoms with Crippen molar-refractivity contribution in [2.45, 2.75) is 12.5 Å². The van der Waals surface area contributed by atoms with Crippen molar-refractivity contribution < 1.29 is 9.50 Å². The minimum Gasteiger partial charge on any atom is -0.396 e. The summed E-state index contributed by atoms with van der Waals surface area (Å²) in [6.07, 6.45) is 0.616. The van der Waals surface area contributed by atoms with Crippen LogP contribution in [-0.4, -0.2) is 42.8 Å². The van der Waals surface area contributed by atoms with E-state index in [1.165, 1.54) is 12.1 Å². The molecule has 100 valence electrons. The van der Waals surface area contributed by atoms with Crippen molar-refractivity contribution in [2.24, 2.45) is 0 Å². The van der Waals surface area contributed by atoms with Crippen LogP contribution in [0.2, 0.25) is 5.02 Å². The zero-order valence-electron chi connectivity index (χ0n) is 10.2. The van der Waals surface area contributed by atoms with Gasteiger partial charge in [-0.15, -0.1) is 0 Å². The summed E-state index contributed by atoms with van der Waals surface area (Å²) in [5, 5.41) is 12.9. The first kappa shape index (κ1) is 13.7. The molecule has 1 atom stereocenters. The van der Waals surface area contributed by atoms with E-state index in [9.17, 15) is 9.50 Å². The lowest BCUT2D eigenvalue weighted by Crippen LogP contribution is -2.45. The fourth-order valence-corrected chi connectivity index (χ4v) is 2.72. The van der Waals surface area contributed by atoms with Crippen LogP contribution in [-0.2, 0) is 0 Å². The molecule has 2 N–H and O–H groups in total. The summed E-state index contributed by atoms with van der Waals surface area (Å²) >= 11 is 6.12. The lowest BCUT2D eigenvalue weighted by Gasteiger charge is -2.35. The predicted octanol–water partition coefficient (Wildman–Crippen LogP) is 1.81. The van der Waals surface area contributed by atoms with E-state index in [1.54, 1.807) is 6.07 Å². The Morgan fingerprint density at radius 2 is 2.11 bits per heavy atom. The van der Waals surface area contributed by atoms with Gasteiger partial charge in [0.2, 0.25) is 0 Å². The maximum atomic E-state index is 13.1. The Hall–Kier alpha value is -0.680. The quantitative estimate of drug-likeness (QED) is 0.878. The summed E-state index contributed by atoms with van der Waals surface area (Å²) in [5.41, 5.74) is 0.897. The number of rotatable bonds is 4. The van der Waals surface area contributed by atoms with Gasteiger partial charge in [-0.1, -0.05) is 17.7 Å². The normalized spacial score (nSPS) is 18.8. The standard InChI is InChI=1S/C13H18ClFN2O/c14-12-9-10(15)1-2-11(12)13(3-8-18)17-6-4-16-5-7-17/h1-2,9,13,16,18H,3-8H2/t13-/m1/s1. The zero-order chi connectivity index (χ0) is 13.0. The number of benzene rings is 1. The van der Waals surface area contributed by atoms with Crippen molar-refractivity contribution in [1.29, 1.82) is 0 Å². The number of hydrogen-bond acceptors (Lipinski definition) is 3. The third-order valence-electron chi connectivity index (χ3n) is 3.32. The van der Waals surface area contributed by atoms with E-state index in [-0.39, 0.29) is 18.5 Å². The second-order valence-corrected chi connectivity index (χ2v) is 4.89. The number of nitrogens with one attached hydrogen (secondary N) is 1. The molecule has 1 fully saturated rings. The van der Waals surface area contributed by atoms with Gasteiger partial charge in [0, 0.05) is 43.9 Å². The van der Waals surface area contributed by atoms with E-state index < -0.39 is 0 Å². The number of nitrogens with zero attached hydrogens (tertiary/aromatic N) is 1. The Kier molecular flexibility index (Phi) is 4.95. The van der Waals surface area contributed by atoms with Crippen LogP contribution in [0.4, 0.5) is 4.39 Å². The molecule has 3 nitrogen and oxygen atoms in total. The van der Waals surface area contributed by atoms with Crippen LogP contribution < -0.4 is 5.32 Å². The van der Waals surface area contributed by atoms with Crippen molar-refractivity contribution in [3.63, 3.8) is 0 Å². The Balaban J connectivity index is 2.22. The fourth-order valence-electron chi connectivity index (χ4n) is 2.42. The molecule has 1 aromatic rings.